The Kier molecular flexibility index (Phi) is 12.6. The topological polar surface area (TPSA) is 74.4 Å². The third-order valence-electron chi connectivity index (χ3n) is 13.8. The predicted octanol–water partition coefficient (Wildman–Crippen LogP) is 17.6. The van der Waals surface area contributed by atoms with Crippen LogP contribution in [0.15, 0.2) is 109 Å². The van der Waals surface area contributed by atoms with E-state index in [2.05, 4.69) is 233 Å². The Morgan fingerprint density at radius 3 is 1.10 bits per heavy atom. The molecule has 0 fully saturated rings. The molecular formula is C66H70N4OSi. The van der Waals surface area contributed by atoms with Gasteiger partial charge in [-0.2, -0.15) is 0 Å². The van der Waals surface area contributed by atoms with Crippen molar-refractivity contribution in [2.75, 3.05) is 0 Å². The third kappa shape index (κ3) is 10.3. The number of H-pyrrole nitrogens is 2. The molecule has 5 nitrogen and oxygen atoms in total. The second-order valence-corrected chi connectivity index (χ2v) is 29.7. The van der Waals surface area contributed by atoms with Crippen molar-refractivity contribution in [3.63, 3.8) is 0 Å². The number of hydrogen-bond acceptors (Lipinski definition) is 3. The first-order valence-corrected chi connectivity index (χ1v) is 28.9. The molecule has 0 unspecified atom stereocenters. The van der Waals surface area contributed by atoms with E-state index >= 15 is 0 Å². The number of aromatic amines is 2. The Hall–Kier alpha value is -7.07. The Morgan fingerprint density at radius 2 is 0.750 bits per heavy atom. The third-order valence-corrected chi connectivity index (χ3v) is 14.6. The predicted molar refractivity (Wildman–Crippen MR) is 311 cm³/mol. The molecule has 0 radical (unpaired) electrons. The number of fused-ring (bicyclic) bond motifs is 8. The number of aromatic nitrogens is 4. The highest BCUT2D eigenvalue weighted by molar-refractivity contribution is 6.83. The molecule has 7 aromatic rings. The number of carbonyl (C=O) groups is 1. The molecule has 0 amide bonds. The van der Waals surface area contributed by atoms with Gasteiger partial charge in [0.1, 0.15) is 14.4 Å². The van der Waals surface area contributed by atoms with Crippen molar-refractivity contribution >= 4 is 60.7 Å². The van der Waals surface area contributed by atoms with Gasteiger partial charge in [0.2, 0.25) is 0 Å². The summed E-state index contributed by atoms with van der Waals surface area (Å²) in [7, 11) is -1.59. The van der Waals surface area contributed by atoms with E-state index in [-0.39, 0.29) is 21.7 Å². The number of nitrogens with one attached hydrogen (secondary N) is 2. The maximum atomic E-state index is 12.0. The minimum Gasteiger partial charge on any atom is -0.354 e. The lowest BCUT2D eigenvalue weighted by molar-refractivity contribution is 0.112. The molecule has 0 aliphatic carbocycles. The van der Waals surface area contributed by atoms with Gasteiger partial charge in [-0.15, -0.1) is 5.54 Å². The van der Waals surface area contributed by atoms with E-state index in [1.807, 2.05) is 24.3 Å². The molecule has 8 bridgehead atoms. The zero-order valence-electron chi connectivity index (χ0n) is 45.1. The molecule has 5 heterocycles. The zero-order valence-corrected chi connectivity index (χ0v) is 46.1. The van der Waals surface area contributed by atoms with E-state index in [0.717, 1.165) is 101 Å². The van der Waals surface area contributed by atoms with E-state index in [9.17, 15) is 4.79 Å². The van der Waals surface area contributed by atoms with E-state index in [0.29, 0.717) is 5.56 Å². The first-order chi connectivity index (χ1) is 33.7. The van der Waals surface area contributed by atoms with Gasteiger partial charge < -0.3 is 9.97 Å². The van der Waals surface area contributed by atoms with E-state index in [1.54, 1.807) is 0 Å². The molecule has 0 atom stereocenters. The van der Waals surface area contributed by atoms with Crippen molar-refractivity contribution in [1.29, 1.82) is 0 Å². The second-order valence-electron chi connectivity index (χ2n) is 24.9. The highest BCUT2D eigenvalue weighted by Gasteiger charge is 2.26. The summed E-state index contributed by atoms with van der Waals surface area (Å²) in [6.45, 7) is 34.2. The van der Waals surface area contributed by atoms with Gasteiger partial charge in [0.15, 0.2) is 0 Å². The molecule has 9 rings (SSSR count). The minimum atomic E-state index is -1.59. The largest absolute Gasteiger partial charge is 0.354 e. The standard InChI is InChI=1S/C66H70N4OSi/c1-63(2,3)47-34-45(35-48(38-47)64(4,5)6)61-55-28-24-51(67-55)59(43-20-16-41(17-21-43)32-33-72(13,14)15)52-25-29-56(68-52)62(46-36-49(65(7,8)9)39-50(37-46)66(10,11)12)58-31-27-54(70-58)60(53-26-30-57(61)69-53)44-22-18-42(40-71)19-23-44/h16-31,34-40,69-70H,1-15H3. The normalized spacial score (nSPS) is 13.0. The molecule has 0 saturated carbocycles. The average Bonchev–Trinajstić information content (AvgIpc) is 4.16. The maximum Gasteiger partial charge on any atom is 0.150 e. The highest BCUT2D eigenvalue weighted by atomic mass is 28.3. The highest BCUT2D eigenvalue weighted by Crippen LogP contribution is 2.42. The van der Waals surface area contributed by atoms with Gasteiger partial charge in [0, 0.05) is 55.4 Å². The Labute approximate surface area is 429 Å². The minimum absolute atomic E-state index is 0.105. The molecular weight excluding hydrogens is 893 g/mol. The summed E-state index contributed by atoms with van der Waals surface area (Å²) in [4.78, 5) is 31.2. The van der Waals surface area contributed by atoms with Crippen molar-refractivity contribution in [1.82, 2.24) is 19.9 Å². The second kappa shape index (κ2) is 18.2. The fraction of sp³-hybridized carbons (Fsp3) is 0.288. The summed E-state index contributed by atoms with van der Waals surface area (Å²) in [6, 6.07) is 39.4. The molecule has 6 heteroatoms. The van der Waals surface area contributed by atoms with Gasteiger partial charge in [-0.3, -0.25) is 4.79 Å². The molecule has 2 N–H and O–H groups in total. The van der Waals surface area contributed by atoms with E-state index in [1.165, 1.54) is 22.3 Å². The monoisotopic (exact) mass is 963 g/mol. The van der Waals surface area contributed by atoms with Crippen LogP contribution in [0.3, 0.4) is 0 Å². The smallest absolute Gasteiger partial charge is 0.150 e. The Balaban J connectivity index is 1.47. The summed E-state index contributed by atoms with van der Waals surface area (Å²) in [5.41, 5.74) is 25.1. The van der Waals surface area contributed by atoms with Gasteiger partial charge in [-0.05, 0) is 127 Å². The van der Waals surface area contributed by atoms with Gasteiger partial charge in [-0.25, -0.2) is 9.97 Å². The number of rotatable bonds is 5. The number of carbonyl (C=O) groups excluding carboxylic acids is 1. The molecule has 0 saturated heterocycles. The summed E-state index contributed by atoms with van der Waals surface area (Å²) in [5.74, 6) is 3.47. The summed E-state index contributed by atoms with van der Waals surface area (Å²) >= 11 is 0. The number of nitrogens with zero attached hydrogens (tertiary/aromatic N) is 2. The fourth-order valence-corrected chi connectivity index (χ4v) is 9.92. The molecule has 3 aromatic heterocycles. The quantitative estimate of drug-likeness (QED) is 0.103. The summed E-state index contributed by atoms with van der Waals surface area (Å²) in [6.07, 6.45) is 9.56. The Bertz CT molecular complexity index is 3350. The van der Waals surface area contributed by atoms with E-state index < -0.39 is 8.07 Å². The average molecular weight is 963 g/mol. The van der Waals surface area contributed by atoms with Gasteiger partial charge in [0.05, 0.1) is 22.8 Å². The van der Waals surface area contributed by atoms with Crippen LogP contribution in [0.25, 0.3) is 90.9 Å². The molecule has 4 aromatic carbocycles. The fourth-order valence-electron chi connectivity index (χ4n) is 9.40. The lowest BCUT2D eigenvalue weighted by Crippen LogP contribution is -2.16. The van der Waals surface area contributed by atoms with Gasteiger partial charge in [-0.1, -0.05) is 181 Å². The van der Waals surface area contributed by atoms with Crippen molar-refractivity contribution in [2.24, 2.45) is 0 Å². The van der Waals surface area contributed by atoms with Crippen LogP contribution in [0, 0.1) is 11.5 Å². The van der Waals surface area contributed by atoms with Crippen LogP contribution in [0.4, 0.5) is 0 Å². The SMILES string of the molecule is CC(C)(C)c1cc(-c2c3nc(c(-c4ccc(C#C[Si](C)(C)C)cc4)c4nc(c(-c5cc(C(C)(C)C)cc(C(C)(C)C)c5)c5ccc([nH]5)c(-c5ccc(C=O)cc5)c5ccc2[nH]5)C=C4)C=C3)cc(C(C)(C)C)c1. The van der Waals surface area contributed by atoms with Crippen LogP contribution >= 0.6 is 0 Å². The lowest BCUT2D eigenvalue weighted by Gasteiger charge is -2.26. The number of benzene rings is 4. The van der Waals surface area contributed by atoms with Crippen LogP contribution in [0.1, 0.15) is 144 Å². The zero-order chi connectivity index (χ0) is 51.7. The lowest BCUT2D eigenvalue weighted by atomic mass is 9.78. The van der Waals surface area contributed by atoms with Crippen molar-refractivity contribution in [3.05, 3.63) is 165 Å². The van der Waals surface area contributed by atoms with Crippen LogP contribution in [0.2, 0.25) is 19.6 Å². The van der Waals surface area contributed by atoms with Crippen LogP contribution < -0.4 is 0 Å². The Morgan fingerprint density at radius 1 is 0.417 bits per heavy atom. The van der Waals surface area contributed by atoms with Gasteiger partial charge >= 0.3 is 0 Å². The molecule has 2 aliphatic rings. The van der Waals surface area contributed by atoms with Gasteiger partial charge in [0.25, 0.3) is 0 Å². The van der Waals surface area contributed by atoms with Crippen molar-refractivity contribution in [3.8, 4) is 56.0 Å². The maximum absolute atomic E-state index is 12.0. The van der Waals surface area contributed by atoms with E-state index in [4.69, 9.17) is 9.97 Å². The first-order valence-electron chi connectivity index (χ1n) is 25.4. The first kappa shape index (κ1) is 49.9. The van der Waals surface area contributed by atoms with Crippen molar-refractivity contribution < 1.29 is 4.79 Å². The molecule has 72 heavy (non-hydrogen) atoms. The molecule has 364 valence electrons. The number of aldehydes is 1. The molecule has 0 spiro atoms. The summed E-state index contributed by atoms with van der Waals surface area (Å²) < 4.78 is 0. The van der Waals surface area contributed by atoms with Crippen LogP contribution in [0.5, 0.6) is 0 Å². The number of hydrogen-bond donors (Lipinski definition) is 2. The van der Waals surface area contributed by atoms with Crippen LogP contribution in [-0.4, -0.2) is 34.3 Å². The van der Waals surface area contributed by atoms with Crippen molar-refractivity contribution in [2.45, 2.75) is 124 Å². The molecule has 2 aliphatic heterocycles. The van der Waals surface area contributed by atoms with Crippen LogP contribution in [-0.2, 0) is 21.7 Å². The summed E-state index contributed by atoms with van der Waals surface area (Å²) in [5, 5.41) is 0.